The van der Waals surface area contributed by atoms with Crippen LogP contribution in [0.25, 0.3) is 0 Å². The number of aliphatic hydroxyl groups excluding tert-OH is 1. The molecule has 0 bridgehead atoms. The lowest BCUT2D eigenvalue weighted by atomic mass is 9.66. The lowest BCUT2D eigenvalue weighted by Gasteiger charge is -2.40. The van der Waals surface area contributed by atoms with Gasteiger partial charge in [0.25, 0.3) is 0 Å². The van der Waals surface area contributed by atoms with Crippen LogP contribution in [0.3, 0.4) is 0 Å². The Kier molecular flexibility index (Phi) is 3.39. The standard InChI is InChI=1S/C12H24O/c1-5-11(13)10-6-9(2)7-12(3,4)8-10/h9-11,13H,5-8H2,1-4H3. The van der Waals surface area contributed by atoms with E-state index in [1.54, 1.807) is 0 Å². The molecule has 78 valence electrons. The van der Waals surface area contributed by atoms with E-state index in [2.05, 4.69) is 27.7 Å². The van der Waals surface area contributed by atoms with Gasteiger partial charge in [0.15, 0.2) is 0 Å². The van der Waals surface area contributed by atoms with Gasteiger partial charge in [0.1, 0.15) is 0 Å². The van der Waals surface area contributed by atoms with Gasteiger partial charge in [0, 0.05) is 0 Å². The lowest BCUT2D eigenvalue weighted by molar-refractivity contribution is 0.0251. The zero-order chi connectivity index (χ0) is 10.1. The molecule has 1 aliphatic rings. The van der Waals surface area contributed by atoms with Crippen LogP contribution < -0.4 is 0 Å². The van der Waals surface area contributed by atoms with Crippen LogP contribution >= 0.6 is 0 Å². The van der Waals surface area contributed by atoms with Gasteiger partial charge >= 0.3 is 0 Å². The maximum Gasteiger partial charge on any atom is 0.0566 e. The first-order valence-electron chi connectivity index (χ1n) is 5.62. The highest BCUT2D eigenvalue weighted by molar-refractivity contribution is 4.85. The molecular weight excluding hydrogens is 160 g/mol. The molecule has 3 atom stereocenters. The zero-order valence-corrected chi connectivity index (χ0v) is 9.51. The Morgan fingerprint density at radius 2 is 2.00 bits per heavy atom. The topological polar surface area (TPSA) is 20.2 Å². The fraction of sp³-hybridized carbons (Fsp3) is 1.00. The summed E-state index contributed by atoms with van der Waals surface area (Å²) in [4.78, 5) is 0. The average molecular weight is 184 g/mol. The third-order valence-electron chi connectivity index (χ3n) is 3.38. The second kappa shape index (κ2) is 4.00. The second-order valence-electron chi connectivity index (χ2n) is 5.65. The predicted octanol–water partition coefficient (Wildman–Crippen LogP) is 3.22. The second-order valence-corrected chi connectivity index (χ2v) is 5.65. The molecule has 1 N–H and O–H groups in total. The fourth-order valence-corrected chi connectivity index (χ4v) is 3.05. The summed E-state index contributed by atoms with van der Waals surface area (Å²) in [5.41, 5.74) is 0.443. The summed E-state index contributed by atoms with van der Waals surface area (Å²) in [5.74, 6) is 1.33. The lowest BCUT2D eigenvalue weighted by Crippen LogP contribution is -2.33. The SMILES string of the molecule is CCC(O)C1CC(C)CC(C)(C)C1. The van der Waals surface area contributed by atoms with E-state index in [4.69, 9.17) is 0 Å². The highest BCUT2D eigenvalue weighted by Crippen LogP contribution is 2.43. The molecule has 0 saturated heterocycles. The highest BCUT2D eigenvalue weighted by Gasteiger charge is 2.34. The molecule has 1 nitrogen and oxygen atoms in total. The van der Waals surface area contributed by atoms with Crippen molar-refractivity contribution in [2.75, 3.05) is 0 Å². The van der Waals surface area contributed by atoms with Crippen LogP contribution in [-0.4, -0.2) is 11.2 Å². The highest BCUT2D eigenvalue weighted by atomic mass is 16.3. The molecule has 0 radical (unpaired) electrons. The van der Waals surface area contributed by atoms with E-state index in [1.165, 1.54) is 19.3 Å². The summed E-state index contributed by atoms with van der Waals surface area (Å²) in [6.45, 7) is 9.06. The number of aliphatic hydroxyl groups is 1. The van der Waals surface area contributed by atoms with Crippen LogP contribution in [0.5, 0.6) is 0 Å². The van der Waals surface area contributed by atoms with Crippen molar-refractivity contribution in [2.45, 2.75) is 59.5 Å². The Balaban J connectivity index is 2.57. The van der Waals surface area contributed by atoms with Crippen molar-refractivity contribution in [3.63, 3.8) is 0 Å². The van der Waals surface area contributed by atoms with Crippen LogP contribution in [0.15, 0.2) is 0 Å². The fourth-order valence-electron chi connectivity index (χ4n) is 3.05. The number of hydrogen-bond donors (Lipinski definition) is 1. The minimum Gasteiger partial charge on any atom is -0.393 e. The molecule has 3 unspecified atom stereocenters. The minimum absolute atomic E-state index is 0.0676. The Hall–Kier alpha value is -0.0400. The van der Waals surface area contributed by atoms with E-state index in [-0.39, 0.29) is 6.10 Å². The Labute approximate surface area is 82.5 Å². The Bertz CT molecular complexity index is 163. The van der Waals surface area contributed by atoms with Gasteiger partial charge in [-0.05, 0) is 42.9 Å². The molecule has 1 rings (SSSR count). The normalized spacial score (nSPS) is 35.8. The molecule has 1 fully saturated rings. The van der Waals surface area contributed by atoms with E-state index >= 15 is 0 Å². The van der Waals surface area contributed by atoms with E-state index in [0.29, 0.717) is 11.3 Å². The molecule has 0 aromatic rings. The van der Waals surface area contributed by atoms with Gasteiger partial charge in [-0.1, -0.05) is 27.7 Å². The first kappa shape index (κ1) is 11.0. The van der Waals surface area contributed by atoms with Crippen molar-refractivity contribution < 1.29 is 5.11 Å². The maximum atomic E-state index is 9.83. The molecule has 0 aromatic carbocycles. The number of hydrogen-bond acceptors (Lipinski definition) is 1. The van der Waals surface area contributed by atoms with Crippen molar-refractivity contribution in [3.8, 4) is 0 Å². The summed E-state index contributed by atoms with van der Waals surface area (Å²) in [7, 11) is 0. The average Bonchev–Trinajstić information content (AvgIpc) is 1.99. The van der Waals surface area contributed by atoms with Crippen LogP contribution in [0.4, 0.5) is 0 Å². The quantitative estimate of drug-likeness (QED) is 0.698. The summed E-state index contributed by atoms with van der Waals surface area (Å²) >= 11 is 0. The maximum absolute atomic E-state index is 9.83. The monoisotopic (exact) mass is 184 g/mol. The third-order valence-corrected chi connectivity index (χ3v) is 3.38. The molecule has 0 heterocycles. The summed E-state index contributed by atoms with van der Waals surface area (Å²) in [6.07, 6.45) is 4.58. The van der Waals surface area contributed by atoms with Crippen LogP contribution in [0, 0.1) is 17.3 Å². The van der Waals surface area contributed by atoms with Crippen molar-refractivity contribution in [3.05, 3.63) is 0 Å². The summed E-state index contributed by atoms with van der Waals surface area (Å²) < 4.78 is 0. The van der Waals surface area contributed by atoms with Gasteiger partial charge < -0.3 is 5.11 Å². The molecular formula is C12H24O. The molecule has 1 heteroatoms. The van der Waals surface area contributed by atoms with Crippen LogP contribution in [-0.2, 0) is 0 Å². The number of rotatable bonds is 2. The van der Waals surface area contributed by atoms with Gasteiger partial charge in [0.05, 0.1) is 6.10 Å². The van der Waals surface area contributed by atoms with E-state index in [0.717, 1.165) is 12.3 Å². The van der Waals surface area contributed by atoms with Crippen molar-refractivity contribution in [1.82, 2.24) is 0 Å². The molecule has 13 heavy (non-hydrogen) atoms. The zero-order valence-electron chi connectivity index (χ0n) is 9.51. The van der Waals surface area contributed by atoms with Crippen molar-refractivity contribution >= 4 is 0 Å². The van der Waals surface area contributed by atoms with Crippen LogP contribution in [0.1, 0.15) is 53.4 Å². The summed E-state index contributed by atoms with van der Waals surface area (Å²) in [5, 5.41) is 9.83. The predicted molar refractivity (Wildman–Crippen MR) is 56.6 cm³/mol. The van der Waals surface area contributed by atoms with E-state index in [1.807, 2.05) is 0 Å². The van der Waals surface area contributed by atoms with E-state index in [9.17, 15) is 5.11 Å². The van der Waals surface area contributed by atoms with Gasteiger partial charge in [-0.2, -0.15) is 0 Å². The smallest absolute Gasteiger partial charge is 0.0566 e. The third kappa shape index (κ3) is 2.98. The van der Waals surface area contributed by atoms with E-state index < -0.39 is 0 Å². The first-order chi connectivity index (χ1) is 5.94. The molecule has 0 amide bonds. The molecule has 0 aliphatic heterocycles. The van der Waals surface area contributed by atoms with Gasteiger partial charge in [-0.25, -0.2) is 0 Å². The van der Waals surface area contributed by atoms with Crippen molar-refractivity contribution in [2.24, 2.45) is 17.3 Å². The first-order valence-corrected chi connectivity index (χ1v) is 5.62. The van der Waals surface area contributed by atoms with Gasteiger partial charge in [-0.15, -0.1) is 0 Å². The molecule has 1 aliphatic carbocycles. The Morgan fingerprint density at radius 3 is 2.46 bits per heavy atom. The molecule has 0 spiro atoms. The van der Waals surface area contributed by atoms with Gasteiger partial charge in [0.2, 0.25) is 0 Å². The van der Waals surface area contributed by atoms with Crippen molar-refractivity contribution in [1.29, 1.82) is 0 Å². The molecule has 1 saturated carbocycles. The largest absolute Gasteiger partial charge is 0.393 e. The summed E-state index contributed by atoms with van der Waals surface area (Å²) in [6, 6.07) is 0. The molecule has 0 aromatic heterocycles. The van der Waals surface area contributed by atoms with Crippen LogP contribution in [0.2, 0.25) is 0 Å². The minimum atomic E-state index is -0.0676. The van der Waals surface area contributed by atoms with Gasteiger partial charge in [-0.3, -0.25) is 0 Å². The Morgan fingerprint density at radius 1 is 1.38 bits per heavy atom.